The van der Waals surface area contributed by atoms with Crippen molar-refractivity contribution in [3.63, 3.8) is 0 Å². The van der Waals surface area contributed by atoms with Gasteiger partial charge in [-0.25, -0.2) is 9.67 Å². The van der Waals surface area contributed by atoms with E-state index in [-0.39, 0.29) is 16.7 Å². The van der Waals surface area contributed by atoms with Gasteiger partial charge < -0.3 is 5.73 Å². The average Bonchev–Trinajstić information content (AvgIpc) is 2.96. The van der Waals surface area contributed by atoms with Crippen LogP contribution < -0.4 is 5.73 Å². The van der Waals surface area contributed by atoms with E-state index in [2.05, 4.69) is 10.1 Å². The highest BCUT2D eigenvalue weighted by Crippen LogP contribution is 2.39. The average molecular weight is 328 g/mol. The zero-order valence-electron chi connectivity index (χ0n) is 12.2. The Hall–Kier alpha value is -3.09. The molecule has 2 aromatic heterocycles. The summed E-state index contributed by atoms with van der Waals surface area (Å²) in [6.45, 7) is 0. The molecule has 4 nitrogen and oxygen atoms in total. The van der Waals surface area contributed by atoms with E-state index in [1.54, 1.807) is 54.6 Å². The number of nitrogen functional groups attached to an aromatic ring is 1. The van der Waals surface area contributed by atoms with Crippen LogP contribution >= 0.6 is 0 Å². The SMILES string of the molecule is Nc1c2ccccc2nc2c1c(C(F)(F)F)nn2-c1ccccc1. The lowest BCUT2D eigenvalue weighted by atomic mass is 10.1. The Morgan fingerprint density at radius 3 is 2.29 bits per heavy atom. The molecule has 0 saturated heterocycles. The molecule has 0 bridgehead atoms. The largest absolute Gasteiger partial charge is 0.435 e. The first-order valence-electron chi connectivity index (χ1n) is 7.16. The maximum absolute atomic E-state index is 13.5. The van der Waals surface area contributed by atoms with Gasteiger partial charge in [-0.1, -0.05) is 36.4 Å². The zero-order chi connectivity index (χ0) is 16.9. The molecule has 7 heteroatoms. The van der Waals surface area contributed by atoms with Crippen LogP contribution in [0.1, 0.15) is 5.69 Å². The number of hydrogen-bond acceptors (Lipinski definition) is 3. The Kier molecular flexibility index (Phi) is 2.99. The number of rotatable bonds is 1. The maximum Gasteiger partial charge on any atom is 0.435 e. The Morgan fingerprint density at radius 2 is 1.58 bits per heavy atom. The van der Waals surface area contributed by atoms with Crippen molar-refractivity contribution in [2.45, 2.75) is 6.18 Å². The normalized spacial score (nSPS) is 12.1. The number of nitrogens with zero attached hydrogens (tertiary/aromatic N) is 3. The molecule has 4 rings (SSSR count). The van der Waals surface area contributed by atoms with Crippen LogP contribution in [0.3, 0.4) is 0 Å². The summed E-state index contributed by atoms with van der Waals surface area (Å²) >= 11 is 0. The van der Waals surface area contributed by atoms with Gasteiger partial charge in [-0.3, -0.25) is 0 Å². The molecule has 24 heavy (non-hydrogen) atoms. The van der Waals surface area contributed by atoms with Gasteiger partial charge in [-0.15, -0.1) is 0 Å². The quantitative estimate of drug-likeness (QED) is 0.570. The van der Waals surface area contributed by atoms with Gasteiger partial charge in [0.25, 0.3) is 0 Å². The number of pyridine rings is 1. The smallest absolute Gasteiger partial charge is 0.398 e. The fourth-order valence-electron chi connectivity index (χ4n) is 2.76. The first-order chi connectivity index (χ1) is 11.5. The van der Waals surface area contributed by atoms with E-state index in [0.717, 1.165) is 0 Å². The predicted octanol–water partition coefficient (Wildman–Crippen LogP) is 4.17. The second-order valence-corrected chi connectivity index (χ2v) is 5.33. The van der Waals surface area contributed by atoms with Crippen LogP contribution in [0.4, 0.5) is 18.9 Å². The first-order valence-corrected chi connectivity index (χ1v) is 7.16. The van der Waals surface area contributed by atoms with Crippen LogP contribution in [0.2, 0.25) is 0 Å². The number of anilines is 1. The Morgan fingerprint density at radius 1 is 0.917 bits per heavy atom. The maximum atomic E-state index is 13.5. The number of para-hydroxylation sites is 2. The lowest BCUT2D eigenvalue weighted by Gasteiger charge is -2.07. The lowest BCUT2D eigenvalue weighted by molar-refractivity contribution is -0.140. The second kappa shape index (κ2) is 4.95. The van der Waals surface area contributed by atoms with Gasteiger partial charge in [0.15, 0.2) is 11.3 Å². The van der Waals surface area contributed by atoms with Crippen LogP contribution in [-0.2, 0) is 6.18 Å². The Bertz CT molecular complexity index is 1050. The van der Waals surface area contributed by atoms with Crippen LogP contribution in [0.5, 0.6) is 0 Å². The lowest BCUT2D eigenvalue weighted by Crippen LogP contribution is -2.08. The summed E-state index contributed by atoms with van der Waals surface area (Å²) in [5.74, 6) is 0. The van der Waals surface area contributed by atoms with Crippen molar-refractivity contribution in [3.8, 4) is 5.69 Å². The van der Waals surface area contributed by atoms with Crippen molar-refractivity contribution in [3.05, 3.63) is 60.3 Å². The number of hydrogen-bond donors (Lipinski definition) is 1. The van der Waals surface area contributed by atoms with E-state index in [9.17, 15) is 13.2 Å². The van der Waals surface area contributed by atoms with Crippen molar-refractivity contribution < 1.29 is 13.2 Å². The zero-order valence-corrected chi connectivity index (χ0v) is 12.2. The van der Waals surface area contributed by atoms with Crippen molar-refractivity contribution in [2.75, 3.05) is 5.73 Å². The molecule has 0 aliphatic carbocycles. The molecule has 0 saturated carbocycles. The minimum Gasteiger partial charge on any atom is -0.398 e. The van der Waals surface area contributed by atoms with E-state index >= 15 is 0 Å². The molecule has 120 valence electrons. The molecule has 0 atom stereocenters. The fourth-order valence-corrected chi connectivity index (χ4v) is 2.76. The highest BCUT2D eigenvalue weighted by Gasteiger charge is 2.38. The number of aromatic nitrogens is 3. The van der Waals surface area contributed by atoms with Gasteiger partial charge in [0, 0.05) is 5.39 Å². The van der Waals surface area contributed by atoms with E-state index in [1.807, 2.05) is 0 Å². The van der Waals surface area contributed by atoms with E-state index in [4.69, 9.17) is 5.73 Å². The third kappa shape index (κ3) is 2.09. The van der Waals surface area contributed by atoms with Gasteiger partial charge in [0.2, 0.25) is 0 Å². The third-order valence-corrected chi connectivity index (χ3v) is 3.82. The monoisotopic (exact) mass is 328 g/mol. The van der Waals surface area contributed by atoms with Gasteiger partial charge in [0.05, 0.1) is 22.3 Å². The molecule has 0 aliphatic heterocycles. The molecule has 2 aromatic carbocycles. The standard InChI is InChI=1S/C17H11F3N4/c18-17(19,20)15-13-14(21)11-8-4-5-9-12(11)22-16(13)24(23-15)10-6-2-1-3-7-10/h1-9H,(H2,21,22). The number of fused-ring (bicyclic) bond motifs is 2. The van der Waals surface area contributed by atoms with Crippen molar-refractivity contribution in [1.29, 1.82) is 0 Å². The summed E-state index contributed by atoms with van der Waals surface area (Å²) in [7, 11) is 0. The highest BCUT2D eigenvalue weighted by molar-refractivity contribution is 6.07. The molecule has 0 spiro atoms. The molecule has 0 fully saturated rings. The molecule has 2 heterocycles. The number of alkyl halides is 3. The number of nitrogens with two attached hydrogens (primary N) is 1. The molecular formula is C17H11F3N4. The number of halogens is 3. The summed E-state index contributed by atoms with van der Waals surface area (Å²) in [6.07, 6.45) is -4.63. The minimum absolute atomic E-state index is 0.0325. The Balaban J connectivity index is 2.19. The van der Waals surface area contributed by atoms with Gasteiger partial charge >= 0.3 is 6.18 Å². The minimum atomic E-state index is -4.63. The van der Waals surface area contributed by atoms with Crippen molar-refractivity contribution in [2.24, 2.45) is 0 Å². The number of benzene rings is 2. The fraction of sp³-hybridized carbons (Fsp3) is 0.0588. The van der Waals surface area contributed by atoms with Gasteiger partial charge in [0.1, 0.15) is 0 Å². The highest BCUT2D eigenvalue weighted by atomic mass is 19.4. The molecule has 0 amide bonds. The molecule has 2 N–H and O–H groups in total. The topological polar surface area (TPSA) is 56.7 Å². The van der Waals surface area contributed by atoms with Crippen LogP contribution in [-0.4, -0.2) is 14.8 Å². The summed E-state index contributed by atoms with van der Waals surface area (Å²) in [5.41, 5.74) is 6.15. The molecule has 4 aromatic rings. The molecule has 0 aliphatic rings. The summed E-state index contributed by atoms with van der Waals surface area (Å²) in [6, 6.07) is 15.4. The Labute approximate surface area is 134 Å². The summed E-state index contributed by atoms with van der Waals surface area (Å²) in [5, 5.41) is 4.06. The predicted molar refractivity (Wildman–Crippen MR) is 85.8 cm³/mol. The van der Waals surface area contributed by atoms with Crippen LogP contribution in [0, 0.1) is 0 Å². The summed E-state index contributed by atoms with van der Waals surface area (Å²) < 4.78 is 41.6. The van der Waals surface area contributed by atoms with E-state index in [0.29, 0.717) is 16.6 Å². The summed E-state index contributed by atoms with van der Waals surface area (Å²) in [4.78, 5) is 4.37. The molecular weight excluding hydrogens is 317 g/mol. The van der Waals surface area contributed by atoms with Crippen molar-refractivity contribution >= 4 is 27.6 Å². The third-order valence-electron chi connectivity index (χ3n) is 3.82. The van der Waals surface area contributed by atoms with Crippen molar-refractivity contribution in [1.82, 2.24) is 14.8 Å². The molecule has 0 radical (unpaired) electrons. The first kappa shape index (κ1) is 14.5. The van der Waals surface area contributed by atoms with Gasteiger partial charge in [-0.05, 0) is 18.2 Å². The van der Waals surface area contributed by atoms with Gasteiger partial charge in [-0.2, -0.15) is 18.3 Å². The van der Waals surface area contributed by atoms with Crippen LogP contribution in [0.15, 0.2) is 54.6 Å². The molecule has 0 unspecified atom stereocenters. The second-order valence-electron chi connectivity index (χ2n) is 5.33. The van der Waals surface area contributed by atoms with Crippen LogP contribution in [0.25, 0.3) is 27.6 Å². The van der Waals surface area contributed by atoms with E-state index < -0.39 is 11.9 Å². The van der Waals surface area contributed by atoms with E-state index in [1.165, 1.54) is 4.68 Å².